The molecular weight excluding hydrogens is 615 g/mol. The van der Waals surface area contributed by atoms with Crippen LogP contribution in [0.4, 0.5) is 17.1 Å². The summed E-state index contributed by atoms with van der Waals surface area (Å²) < 4.78 is 0. The smallest absolute Gasteiger partial charge is 0.0462 e. The summed E-state index contributed by atoms with van der Waals surface area (Å²) in [5.74, 6) is 0. The highest BCUT2D eigenvalue weighted by Crippen LogP contribution is 2.40. The lowest BCUT2D eigenvalue weighted by molar-refractivity contribution is 1.28. The number of hydrogen-bond acceptors (Lipinski definition) is 1. The van der Waals surface area contributed by atoms with Crippen LogP contribution in [0, 0.1) is 0 Å². The first-order valence-corrected chi connectivity index (χ1v) is 17.5. The van der Waals surface area contributed by atoms with E-state index in [0.717, 1.165) is 17.1 Å². The summed E-state index contributed by atoms with van der Waals surface area (Å²) in [5, 5.41) is 5.06. The van der Waals surface area contributed by atoms with E-state index in [1.54, 1.807) is 0 Å². The molecule has 0 unspecified atom stereocenters. The molecule has 0 saturated carbocycles. The van der Waals surface area contributed by atoms with E-state index in [0.29, 0.717) is 0 Å². The van der Waals surface area contributed by atoms with Gasteiger partial charge in [0.1, 0.15) is 0 Å². The fourth-order valence-electron chi connectivity index (χ4n) is 7.26. The fraction of sp³-hybridized carbons (Fsp3) is 0. The van der Waals surface area contributed by atoms with Gasteiger partial charge in [0.2, 0.25) is 0 Å². The van der Waals surface area contributed by atoms with Crippen molar-refractivity contribution in [2.75, 3.05) is 4.90 Å². The van der Waals surface area contributed by atoms with E-state index in [1.165, 1.54) is 66.1 Å². The van der Waals surface area contributed by atoms with Crippen molar-refractivity contribution in [1.82, 2.24) is 0 Å². The van der Waals surface area contributed by atoms with Crippen LogP contribution in [0.3, 0.4) is 0 Å². The summed E-state index contributed by atoms with van der Waals surface area (Å²) in [5.41, 5.74) is 13.1. The topological polar surface area (TPSA) is 3.24 Å². The maximum absolute atomic E-state index is 2.36. The minimum atomic E-state index is 1.11. The van der Waals surface area contributed by atoms with E-state index in [4.69, 9.17) is 0 Å². The Morgan fingerprint density at radius 1 is 0.235 bits per heavy atom. The summed E-state index contributed by atoms with van der Waals surface area (Å²) in [4.78, 5) is 2.34. The monoisotopic (exact) mass is 649 g/mol. The lowest BCUT2D eigenvalue weighted by atomic mass is 9.91. The Morgan fingerprint density at radius 3 is 1.14 bits per heavy atom. The molecule has 0 saturated heterocycles. The summed E-state index contributed by atoms with van der Waals surface area (Å²) >= 11 is 0. The Morgan fingerprint density at radius 2 is 0.627 bits per heavy atom. The number of fused-ring (bicyclic) bond motifs is 3. The largest absolute Gasteiger partial charge is 0.311 e. The maximum Gasteiger partial charge on any atom is 0.0462 e. The summed E-state index contributed by atoms with van der Waals surface area (Å²) in [6, 6.07) is 76.5. The SMILES string of the molecule is c1ccc(-c2ccc(N(c3ccc(-c4ccccc4)cc3)c3ccc(-c4ccc5c(-c6ccccc6)cc6ccccc6c5c4)cc3)cc2)cc1. The van der Waals surface area contributed by atoms with Crippen molar-refractivity contribution < 1.29 is 0 Å². The lowest BCUT2D eigenvalue weighted by Gasteiger charge is -2.26. The zero-order chi connectivity index (χ0) is 34.0. The molecule has 240 valence electrons. The zero-order valence-electron chi connectivity index (χ0n) is 28.2. The molecule has 9 aromatic rings. The van der Waals surface area contributed by atoms with Gasteiger partial charge in [-0.15, -0.1) is 0 Å². The third kappa shape index (κ3) is 5.96. The second kappa shape index (κ2) is 13.3. The van der Waals surface area contributed by atoms with Gasteiger partial charge in [-0.3, -0.25) is 0 Å². The van der Waals surface area contributed by atoms with Gasteiger partial charge in [-0.05, 0) is 115 Å². The number of hydrogen-bond donors (Lipinski definition) is 0. The molecule has 0 aliphatic heterocycles. The van der Waals surface area contributed by atoms with Crippen LogP contribution in [-0.2, 0) is 0 Å². The Balaban J connectivity index is 1.11. The Bertz CT molecular complexity index is 2490. The van der Waals surface area contributed by atoms with E-state index in [9.17, 15) is 0 Å². The molecule has 0 aliphatic rings. The number of nitrogens with zero attached hydrogens (tertiary/aromatic N) is 1. The van der Waals surface area contributed by atoms with Gasteiger partial charge >= 0.3 is 0 Å². The van der Waals surface area contributed by atoms with Gasteiger partial charge in [0.25, 0.3) is 0 Å². The molecule has 0 spiro atoms. The predicted octanol–water partition coefficient (Wildman–Crippen LogP) is 14.1. The van der Waals surface area contributed by atoms with Gasteiger partial charge < -0.3 is 4.90 Å². The molecule has 0 aromatic heterocycles. The third-order valence-corrected chi connectivity index (χ3v) is 9.87. The van der Waals surface area contributed by atoms with Gasteiger partial charge in [0.05, 0.1) is 0 Å². The first-order valence-electron chi connectivity index (χ1n) is 17.5. The predicted molar refractivity (Wildman–Crippen MR) is 218 cm³/mol. The second-order valence-electron chi connectivity index (χ2n) is 13.0. The fourth-order valence-corrected chi connectivity index (χ4v) is 7.26. The van der Waals surface area contributed by atoms with Crippen molar-refractivity contribution in [1.29, 1.82) is 0 Å². The van der Waals surface area contributed by atoms with Crippen molar-refractivity contribution in [3.05, 3.63) is 212 Å². The van der Waals surface area contributed by atoms with Crippen molar-refractivity contribution >= 4 is 38.6 Å². The number of anilines is 3. The number of rotatable bonds is 7. The molecule has 9 rings (SSSR count). The minimum absolute atomic E-state index is 1.11. The van der Waals surface area contributed by atoms with Crippen molar-refractivity contribution in [2.45, 2.75) is 0 Å². The van der Waals surface area contributed by atoms with Crippen LogP contribution in [0.5, 0.6) is 0 Å². The van der Waals surface area contributed by atoms with E-state index in [-0.39, 0.29) is 0 Å². The first kappa shape index (κ1) is 30.4. The Hall–Kier alpha value is -6.70. The molecule has 1 nitrogen and oxygen atoms in total. The van der Waals surface area contributed by atoms with E-state index in [1.807, 2.05) is 0 Å². The highest BCUT2D eigenvalue weighted by Gasteiger charge is 2.15. The molecule has 0 amide bonds. The van der Waals surface area contributed by atoms with Crippen molar-refractivity contribution in [3.63, 3.8) is 0 Å². The van der Waals surface area contributed by atoms with Crippen LogP contribution < -0.4 is 4.90 Å². The van der Waals surface area contributed by atoms with Gasteiger partial charge in [-0.1, -0.05) is 164 Å². The molecule has 0 fully saturated rings. The molecule has 0 N–H and O–H groups in total. The molecule has 0 aliphatic carbocycles. The van der Waals surface area contributed by atoms with Crippen molar-refractivity contribution in [2.24, 2.45) is 0 Å². The molecule has 0 heterocycles. The molecule has 51 heavy (non-hydrogen) atoms. The molecule has 0 radical (unpaired) electrons. The van der Waals surface area contributed by atoms with Crippen LogP contribution in [0.2, 0.25) is 0 Å². The van der Waals surface area contributed by atoms with E-state index in [2.05, 4.69) is 217 Å². The molecule has 0 atom stereocenters. The molecule has 9 aromatic carbocycles. The summed E-state index contributed by atoms with van der Waals surface area (Å²) in [7, 11) is 0. The highest BCUT2D eigenvalue weighted by atomic mass is 15.1. The van der Waals surface area contributed by atoms with Crippen LogP contribution >= 0.6 is 0 Å². The quantitative estimate of drug-likeness (QED) is 0.155. The van der Waals surface area contributed by atoms with Gasteiger partial charge in [0.15, 0.2) is 0 Å². The van der Waals surface area contributed by atoms with E-state index < -0.39 is 0 Å². The normalized spacial score (nSPS) is 11.1. The highest BCUT2D eigenvalue weighted by molar-refractivity contribution is 6.14. The average Bonchev–Trinajstić information content (AvgIpc) is 3.22. The van der Waals surface area contributed by atoms with Crippen LogP contribution in [0.15, 0.2) is 212 Å². The average molecular weight is 650 g/mol. The Labute approximate surface area is 299 Å². The molecule has 0 bridgehead atoms. The summed E-state index contributed by atoms with van der Waals surface area (Å²) in [6.45, 7) is 0. The van der Waals surface area contributed by atoms with Crippen LogP contribution in [0.25, 0.3) is 66.1 Å². The maximum atomic E-state index is 2.36. The van der Waals surface area contributed by atoms with Crippen LogP contribution in [0.1, 0.15) is 0 Å². The van der Waals surface area contributed by atoms with Crippen LogP contribution in [-0.4, -0.2) is 0 Å². The van der Waals surface area contributed by atoms with Gasteiger partial charge in [-0.25, -0.2) is 0 Å². The molecular formula is C50H35N. The van der Waals surface area contributed by atoms with Gasteiger partial charge in [0, 0.05) is 17.1 Å². The second-order valence-corrected chi connectivity index (χ2v) is 13.0. The Kier molecular flexibility index (Phi) is 7.92. The van der Waals surface area contributed by atoms with Gasteiger partial charge in [-0.2, -0.15) is 0 Å². The number of benzene rings is 9. The zero-order valence-corrected chi connectivity index (χ0v) is 28.2. The third-order valence-electron chi connectivity index (χ3n) is 9.87. The van der Waals surface area contributed by atoms with E-state index >= 15 is 0 Å². The summed E-state index contributed by atoms with van der Waals surface area (Å²) in [6.07, 6.45) is 0. The first-order chi connectivity index (χ1) is 25.3. The lowest BCUT2D eigenvalue weighted by Crippen LogP contribution is -2.09. The standard InChI is InChI=1S/C50H35N/c1-4-12-36(13-5-1)38-20-27-44(28-21-38)51(45-29-22-39(23-30-45)37-14-6-2-7-15-37)46-31-24-40(25-32-46)42-26-33-48-49(41-16-8-3-9-17-41)35-43-18-10-11-19-47(43)50(48)34-42/h1-35H. The molecule has 1 heteroatoms. The minimum Gasteiger partial charge on any atom is -0.311 e. The van der Waals surface area contributed by atoms with Crippen molar-refractivity contribution in [3.8, 4) is 44.5 Å².